The van der Waals surface area contributed by atoms with Crippen LogP contribution >= 0.6 is 0 Å². The molecule has 0 aromatic heterocycles. The maximum absolute atomic E-state index is 3.57. The summed E-state index contributed by atoms with van der Waals surface area (Å²) in [7, 11) is 1.24. The van der Waals surface area contributed by atoms with Gasteiger partial charge in [-0.2, -0.15) is 0 Å². The van der Waals surface area contributed by atoms with E-state index in [0.717, 1.165) is 37.7 Å². The van der Waals surface area contributed by atoms with E-state index in [1.165, 1.54) is 78.9 Å². The zero-order chi connectivity index (χ0) is 35.2. The fourth-order valence-electron chi connectivity index (χ4n) is 8.94. The Morgan fingerprint density at radius 2 is 1.47 bits per heavy atom. The highest BCUT2D eigenvalue weighted by Crippen LogP contribution is 2.56. The lowest BCUT2D eigenvalue weighted by Gasteiger charge is -2.48. The lowest BCUT2D eigenvalue weighted by atomic mass is 9.43. The summed E-state index contributed by atoms with van der Waals surface area (Å²) in [6.45, 7) is 8.67. The van der Waals surface area contributed by atoms with E-state index in [-0.39, 0.29) is 17.4 Å². The molecule has 0 amide bonds. The molecule has 1 saturated carbocycles. The van der Waals surface area contributed by atoms with Gasteiger partial charge in [0.25, 0.3) is 0 Å². The summed E-state index contributed by atoms with van der Waals surface area (Å²) in [6, 6.07) is 18.1. The highest BCUT2D eigenvalue weighted by Gasteiger charge is 2.43. The van der Waals surface area contributed by atoms with Crippen molar-refractivity contribution in [3.05, 3.63) is 143 Å². The van der Waals surface area contributed by atoms with Crippen LogP contribution in [0.5, 0.6) is 0 Å². The normalized spacial score (nSPS) is 25.5. The SMILES string of the molecule is C/C1=C/C#CC(N(C2=CC#C[C@H](C)C=C2)C2=CC=C(C3([C@H]4BCC(N(c5ccc(C)cc5)c5ccc(C)cc5)=CC4)CCCCC3)CC2)/C=C/C1. The Morgan fingerprint density at radius 1 is 0.765 bits per heavy atom. The summed E-state index contributed by atoms with van der Waals surface area (Å²) in [5, 5.41) is 0. The molecule has 3 heteroatoms. The number of nitrogens with zero attached hydrogens (tertiary/aromatic N) is 2. The summed E-state index contributed by atoms with van der Waals surface area (Å²) < 4.78 is 0. The third kappa shape index (κ3) is 7.85. The van der Waals surface area contributed by atoms with Crippen LogP contribution in [-0.2, 0) is 0 Å². The van der Waals surface area contributed by atoms with Crippen LogP contribution in [0.3, 0.4) is 0 Å². The van der Waals surface area contributed by atoms with Gasteiger partial charge < -0.3 is 9.80 Å². The van der Waals surface area contributed by atoms with Crippen molar-refractivity contribution in [2.75, 3.05) is 4.90 Å². The molecule has 2 aromatic carbocycles. The van der Waals surface area contributed by atoms with Crippen LogP contribution in [0.2, 0.25) is 12.1 Å². The minimum atomic E-state index is -0.0165. The lowest BCUT2D eigenvalue weighted by molar-refractivity contribution is 0.213. The van der Waals surface area contributed by atoms with Gasteiger partial charge in [0.15, 0.2) is 0 Å². The highest BCUT2D eigenvalue weighted by molar-refractivity contribution is 6.39. The van der Waals surface area contributed by atoms with Crippen molar-refractivity contribution in [1.82, 2.24) is 4.90 Å². The van der Waals surface area contributed by atoms with Gasteiger partial charge in [-0.15, -0.1) is 0 Å². The molecular weight excluding hydrogens is 615 g/mol. The molecule has 1 heterocycles. The first-order chi connectivity index (χ1) is 24.9. The predicted molar refractivity (Wildman–Crippen MR) is 219 cm³/mol. The zero-order valence-electron chi connectivity index (χ0n) is 31.2. The second-order valence-corrected chi connectivity index (χ2v) is 15.5. The van der Waals surface area contributed by atoms with Gasteiger partial charge in [-0.05, 0) is 120 Å². The first-order valence-corrected chi connectivity index (χ1v) is 19.4. The minimum Gasteiger partial charge on any atom is -0.327 e. The quantitative estimate of drug-likeness (QED) is 0.157. The first kappa shape index (κ1) is 34.8. The van der Waals surface area contributed by atoms with Gasteiger partial charge in [0.05, 0.1) is 5.70 Å². The van der Waals surface area contributed by atoms with Crippen molar-refractivity contribution in [1.29, 1.82) is 0 Å². The third-order valence-electron chi connectivity index (χ3n) is 11.8. The number of aryl methyl sites for hydroxylation is 2. The Kier molecular flexibility index (Phi) is 10.8. The van der Waals surface area contributed by atoms with Gasteiger partial charge in [-0.3, -0.25) is 0 Å². The maximum atomic E-state index is 3.57. The van der Waals surface area contributed by atoms with Crippen LogP contribution in [0.4, 0.5) is 11.4 Å². The molecule has 1 fully saturated rings. The van der Waals surface area contributed by atoms with Gasteiger partial charge in [-0.1, -0.05) is 126 Å². The van der Waals surface area contributed by atoms with Gasteiger partial charge >= 0.3 is 0 Å². The molecule has 7 rings (SSSR count). The third-order valence-corrected chi connectivity index (χ3v) is 11.8. The van der Waals surface area contributed by atoms with E-state index < -0.39 is 0 Å². The fraction of sp³-hybridized carbons (Fsp3) is 0.375. The molecule has 2 nitrogen and oxygen atoms in total. The number of rotatable bonds is 8. The molecule has 5 aliphatic rings. The predicted octanol–water partition coefficient (Wildman–Crippen LogP) is 11.6. The number of allylic oxidation sites excluding steroid dienone is 12. The van der Waals surface area contributed by atoms with E-state index in [1.807, 2.05) is 0 Å². The second-order valence-electron chi connectivity index (χ2n) is 15.5. The van der Waals surface area contributed by atoms with Gasteiger partial charge in [-0.25, -0.2) is 0 Å². The number of benzene rings is 2. The van der Waals surface area contributed by atoms with Crippen LogP contribution in [0.15, 0.2) is 131 Å². The zero-order valence-corrected chi connectivity index (χ0v) is 31.2. The molecular formula is C48H53BN2. The van der Waals surface area contributed by atoms with Gasteiger partial charge in [0.2, 0.25) is 0 Å². The molecule has 51 heavy (non-hydrogen) atoms. The van der Waals surface area contributed by atoms with Crippen molar-refractivity contribution in [2.45, 2.75) is 104 Å². The Balaban J connectivity index is 1.19. The topological polar surface area (TPSA) is 6.48 Å². The molecule has 1 aliphatic heterocycles. The first-order valence-electron chi connectivity index (χ1n) is 19.4. The van der Waals surface area contributed by atoms with Crippen LogP contribution in [0, 0.1) is 48.9 Å². The van der Waals surface area contributed by atoms with Gasteiger partial charge in [0, 0.05) is 34.8 Å². The largest absolute Gasteiger partial charge is 0.327 e. The van der Waals surface area contributed by atoms with Crippen LogP contribution in [0.25, 0.3) is 0 Å². The Bertz CT molecular complexity index is 1890. The van der Waals surface area contributed by atoms with Crippen molar-refractivity contribution >= 4 is 18.7 Å². The molecule has 258 valence electrons. The Labute approximate surface area is 308 Å². The highest BCUT2D eigenvalue weighted by atomic mass is 15.2. The van der Waals surface area contributed by atoms with E-state index in [0.29, 0.717) is 5.82 Å². The molecule has 0 radical (unpaired) electrons. The summed E-state index contributed by atoms with van der Waals surface area (Å²) in [5.74, 6) is 14.5. The summed E-state index contributed by atoms with van der Waals surface area (Å²) in [6.07, 6.45) is 32.9. The summed E-state index contributed by atoms with van der Waals surface area (Å²) >= 11 is 0. The van der Waals surface area contributed by atoms with Crippen LogP contribution < -0.4 is 4.90 Å². The number of hydrogen-bond donors (Lipinski definition) is 0. The minimum absolute atomic E-state index is 0.0165. The van der Waals surface area contributed by atoms with Crippen LogP contribution in [-0.4, -0.2) is 18.2 Å². The smallest absolute Gasteiger partial charge is 0.132 e. The summed E-state index contributed by atoms with van der Waals surface area (Å²) in [4.78, 5) is 4.97. The van der Waals surface area contributed by atoms with E-state index in [9.17, 15) is 0 Å². The second kappa shape index (κ2) is 15.7. The van der Waals surface area contributed by atoms with Crippen molar-refractivity contribution in [3.8, 4) is 23.7 Å². The molecule has 0 spiro atoms. The van der Waals surface area contributed by atoms with Gasteiger partial charge in [0.1, 0.15) is 13.3 Å². The lowest BCUT2D eigenvalue weighted by Crippen LogP contribution is -2.38. The molecule has 0 bridgehead atoms. The van der Waals surface area contributed by atoms with E-state index in [1.54, 1.807) is 5.57 Å². The molecule has 2 aromatic rings. The molecule has 4 aliphatic carbocycles. The maximum Gasteiger partial charge on any atom is 0.132 e. The Hall–Kier alpha value is -4.60. The van der Waals surface area contributed by atoms with Crippen LogP contribution in [0.1, 0.15) is 82.8 Å². The van der Waals surface area contributed by atoms with Crippen molar-refractivity contribution in [3.63, 3.8) is 0 Å². The number of hydrogen-bond acceptors (Lipinski definition) is 2. The Morgan fingerprint density at radius 3 is 2.12 bits per heavy atom. The van der Waals surface area contributed by atoms with Crippen molar-refractivity contribution in [2.24, 2.45) is 11.3 Å². The van der Waals surface area contributed by atoms with Crippen molar-refractivity contribution < 1.29 is 0 Å². The average molecular weight is 669 g/mol. The van der Waals surface area contributed by atoms with E-state index >= 15 is 0 Å². The van der Waals surface area contributed by atoms with E-state index in [4.69, 9.17) is 0 Å². The summed E-state index contributed by atoms with van der Waals surface area (Å²) in [5.41, 5.74) is 12.3. The molecule has 0 saturated heterocycles. The fourth-order valence-corrected chi connectivity index (χ4v) is 8.94. The molecule has 3 atom stereocenters. The monoisotopic (exact) mass is 668 g/mol. The molecule has 0 N–H and O–H groups in total. The number of anilines is 2. The van der Waals surface area contributed by atoms with E-state index in [2.05, 4.69) is 164 Å². The average Bonchev–Trinajstić information content (AvgIpc) is 3.37. The molecule has 1 unspecified atom stereocenters. The standard InChI is InChI=1S/C48H53BN2/c1-36-11-8-14-41(15-9-12-36)50(42-16-10-13-37(2)17-24-42)45-29-22-40(23-30-45)48(33-6-5-7-34-48)47-32-31-46(35-49-47)51(43-25-18-38(3)19-26-43)44-27-20-39(4)21-28-44/h8,12,14,16-22,24-29,31,37,41,47,49H,5-7,11,23,30,32-35H2,1-4H3/b14-8+,36-12-/t37-,41?,47-/m0/s1.